The van der Waals surface area contributed by atoms with Crippen molar-refractivity contribution in [1.82, 2.24) is 19.6 Å². The van der Waals surface area contributed by atoms with Gasteiger partial charge in [-0.15, -0.1) is 0 Å². The van der Waals surface area contributed by atoms with Gasteiger partial charge in [0, 0.05) is 25.9 Å². The van der Waals surface area contributed by atoms with E-state index in [1.54, 1.807) is 16.7 Å². The highest BCUT2D eigenvalue weighted by Gasteiger charge is 2.21. The minimum absolute atomic E-state index is 0.000482. The summed E-state index contributed by atoms with van der Waals surface area (Å²) in [4.78, 5) is 39.9. The first kappa shape index (κ1) is 29.9. The van der Waals surface area contributed by atoms with Crippen molar-refractivity contribution in [2.24, 2.45) is 5.92 Å². The predicted molar refractivity (Wildman–Crippen MR) is 142 cm³/mol. The molecule has 2 atom stereocenters. The van der Waals surface area contributed by atoms with Crippen molar-refractivity contribution in [3.05, 3.63) is 46.5 Å². The lowest BCUT2D eigenvalue weighted by molar-refractivity contribution is -0.121. The van der Waals surface area contributed by atoms with E-state index >= 15 is 0 Å². The van der Waals surface area contributed by atoms with Crippen molar-refractivity contribution in [2.45, 2.75) is 69.6 Å². The molecule has 2 aromatic rings. The number of hydrogen-bond acceptors (Lipinski definition) is 7. The fourth-order valence-electron chi connectivity index (χ4n) is 3.40. The van der Waals surface area contributed by atoms with E-state index in [1.807, 2.05) is 18.6 Å². The van der Waals surface area contributed by atoms with Gasteiger partial charge in [0.15, 0.2) is 11.4 Å². The van der Waals surface area contributed by atoms with Crippen LogP contribution in [0.25, 0.3) is 0 Å². The van der Waals surface area contributed by atoms with E-state index in [1.165, 1.54) is 12.1 Å². The normalized spacial score (nSPS) is 13.1. The molecular formula is C24H33ClN4O5S2. The number of thiol groups is 1. The summed E-state index contributed by atoms with van der Waals surface area (Å²) in [5, 5.41) is 2.24. The highest BCUT2D eigenvalue weighted by molar-refractivity contribution is 7.90. The zero-order chi connectivity index (χ0) is 26.9. The molecule has 1 heterocycles. The molecule has 2 unspecified atom stereocenters. The molecule has 0 bridgehead atoms. The molecule has 2 rings (SSSR count). The minimum Gasteiger partial charge on any atom is -0.355 e. The molecule has 12 heteroatoms. The lowest BCUT2D eigenvalue weighted by Gasteiger charge is -2.16. The SMILES string of the molecule is CCCCc1nc(Cl)c(C=O)n1Cc1ccc(S(=O)(=O)NC(=O)CCNC(=O)C(S)C(C)CC)cc1. The van der Waals surface area contributed by atoms with Gasteiger partial charge in [-0.05, 0) is 30.0 Å². The maximum absolute atomic E-state index is 12.6. The smallest absolute Gasteiger partial charge is 0.264 e. The second kappa shape index (κ2) is 13.8. The van der Waals surface area contributed by atoms with Crippen LogP contribution in [0.5, 0.6) is 0 Å². The number of nitrogens with zero attached hydrogens (tertiary/aromatic N) is 2. The van der Waals surface area contributed by atoms with Crippen LogP contribution in [0.3, 0.4) is 0 Å². The molecule has 0 radical (unpaired) electrons. The number of aromatic nitrogens is 2. The number of hydrogen-bond donors (Lipinski definition) is 3. The Labute approximate surface area is 222 Å². The molecule has 2 amide bonds. The van der Waals surface area contributed by atoms with Gasteiger partial charge < -0.3 is 9.88 Å². The number of benzene rings is 1. The Morgan fingerprint density at radius 3 is 2.47 bits per heavy atom. The number of sulfonamides is 1. The zero-order valence-electron chi connectivity index (χ0n) is 20.7. The number of carbonyl (C=O) groups excluding carboxylic acids is 3. The Kier molecular flexibility index (Phi) is 11.4. The van der Waals surface area contributed by atoms with Crippen LogP contribution in [0, 0.1) is 5.92 Å². The van der Waals surface area contributed by atoms with E-state index in [0.29, 0.717) is 25.1 Å². The molecule has 0 aliphatic rings. The van der Waals surface area contributed by atoms with E-state index in [0.717, 1.165) is 24.8 Å². The molecule has 9 nitrogen and oxygen atoms in total. The fourth-order valence-corrected chi connectivity index (χ4v) is 4.96. The summed E-state index contributed by atoms with van der Waals surface area (Å²) in [6.45, 7) is 6.20. The number of imidazole rings is 1. The summed E-state index contributed by atoms with van der Waals surface area (Å²) < 4.78 is 29.0. The average molecular weight is 557 g/mol. The first-order valence-electron chi connectivity index (χ1n) is 11.8. The maximum Gasteiger partial charge on any atom is 0.264 e. The molecule has 2 N–H and O–H groups in total. The summed E-state index contributed by atoms with van der Waals surface area (Å²) in [5.41, 5.74) is 1.01. The van der Waals surface area contributed by atoms with Crippen molar-refractivity contribution < 1.29 is 22.8 Å². The molecule has 1 aromatic heterocycles. The Morgan fingerprint density at radius 2 is 1.89 bits per heavy atom. The highest BCUT2D eigenvalue weighted by Crippen LogP contribution is 2.20. The average Bonchev–Trinajstić information content (AvgIpc) is 3.15. The minimum atomic E-state index is -4.09. The molecule has 0 saturated heterocycles. The number of carbonyl (C=O) groups is 3. The van der Waals surface area contributed by atoms with Gasteiger partial charge in [0.1, 0.15) is 11.5 Å². The lowest BCUT2D eigenvalue weighted by atomic mass is 10.0. The second-order valence-corrected chi connectivity index (χ2v) is 11.2. The van der Waals surface area contributed by atoms with Crippen LogP contribution < -0.4 is 10.0 Å². The van der Waals surface area contributed by atoms with Gasteiger partial charge in [-0.2, -0.15) is 12.6 Å². The van der Waals surface area contributed by atoms with Crippen LogP contribution in [0.2, 0.25) is 5.15 Å². The molecule has 0 aliphatic heterocycles. The number of unbranched alkanes of at least 4 members (excludes halogenated alkanes) is 1. The van der Waals surface area contributed by atoms with Crippen LogP contribution >= 0.6 is 24.2 Å². The topological polar surface area (TPSA) is 127 Å². The van der Waals surface area contributed by atoms with Gasteiger partial charge >= 0.3 is 0 Å². The number of rotatable bonds is 14. The van der Waals surface area contributed by atoms with Gasteiger partial charge in [0.2, 0.25) is 11.8 Å². The Morgan fingerprint density at radius 1 is 1.22 bits per heavy atom. The Balaban J connectivity index is 2.00. The molecule has 0 spiro atoms. The van der Waals surface area contributed by atoms with Crippen LogP contribution in [0.15, 0.2) is 29.2 Å². The van der Waals surface area contributed by atoms with Gasteiger partial charge in [0.25, 0.3) is 10.0 Å². The fraction of sp³-hybridized carbons (Fsp3) is 0.500. The van der Waals surface area contributed by atoms with Crippen LogP contribution in [-0.4, -0.2) is 47.9 Å². The summed E-state index contributed by atoms with van der Waals surface area (Å²) in [6.07, 6.45) is 3.75. The van der Waals surface area contributed by atoms with E-state index in [-0.39, 0.29) is 40.5 Å². The predicted octanol–water partition coefficient (Wildman–Crippen LogP) is 3.40. The third-order valence-electron chi connectivity index (χ3n) is 5.83. The number of amides is 2. The molecule has 0 aliphatic carbocycles. The van der Waals surface area contributed by atoms with Crippen molar-refractivity contribution in [3.8, 4) is 0 Å². The van der Waals surface area contributed by atoms with E-state index in [9.17, 15) is 22.8 Å². The Bertz CT molecular complexity index is 1170. The monoisotopic (exact) mass is 556 g/mol. The van der Waals surface area contributed by atoms with Gasteiger partial charge in [-0.3, -0.25) is 14.4 Å². The van der Waals surface area contributed by atoms with Crippen LogP contribution in [0.4, 0.5) is 0 Å². The standard InChI is InChI=1S/C24H33ClN4O5S2/c1-4-6-7-20-27-23(25)19(15-30)29(20)14-17-8-10-18(11-9-17)36(33,34)28-21(31)12-13-26-24(32)22(35)16(3)5-2/h8-11,15-16,22,35H,4-7,12-14H2,1-3H3,(H,26,32)(H,28,31). The summed E-state index contributed by atoms with van der Waals surface area (Å²) in [6, 6.07) is 5.98. The summed E-state index contributed by atoms with van der Waals surface area (Å²) >= 11 is 10.4. The van der Waals surface area contributed by atoms with Crippen molar-refractivity contribution in [3.63, 3.8) is 0 Å². The number of nitrogens with one attached hydrogen (secondary N) is 2. The number of halogens is 1. The summed E-state index contributed by atoms with van der Waals surface area (Å²) in [5.74, 6) is -0.269. The number of aryl methyl sites for hydroxylation is 1. The van der Waals surface area contributed by atoms with Crippen LogP contribution in [-0.2, 0) is 32.6 Å². The molecule has 0 fully saturated rings. The van der Waals surface area contributed by atoms with Gasteiger partial charge in [-0.25, -0.2) is 18.1 Å². The zero-order valence-corrected chi connectivity index (χ0v) is 23.1. The van der Waals surface area contributed by atoms with E-state index in [4.69, 9.17) is 11.6 Å². The lowest BCUT2D eigenvalue weighted by Crippen LogP contribution is -2.38. The third-order valence-corrected chi connectivity index (χ3v) is 8.24. The van der Waals surface area contributed by atoms with Crippen molar-refractivity contribution in [1.29, 1.82) is 0 Å². The summed E-state index contributed by atoms with van der Waals surface area (Å²) in [7, 11) is -4.09. The third kappa shape index (κ3) is 8.07. The van der Waals surface area contributed by atoms with E-state index < -0.39 is 21.2 Å². The van der Waals surface area contributed by atoms with Crippen LogP contribution in [0.1, 0.15) is 68.3 Å². The van der Waals surface area contributed by atoms with Crippen molar-refractivity contribution in [2.75, 3.05) is 6.54 Å². The van der Waals surface area contributed by atoms with Gasteiger partial charge in [-0.1, -0.05) is 57.3 Å². The second-order valence-electron chi connectivity index (χ2n) is 8.56. The van der Waals surface area contributed by atoms with Crippen molar-refractivity contribution >= 4 is 52.4 Å². The molecule has 1 aromatic carbocycles. The van der Waals surface area contributed by atoms with Gasteiger partial charge in [0.05, 0.1) is 10.1 Å². The largest absolute Gasteiger partial charge is 0.355 e. The first-order chi connectivity index (χ1) is 17.0. The Hall–Kier alpha value is -2.37. The molecule has 36 heavy (non-hydrogen) atoms. The molecule has 198 valence electrons. The molecular weight excluding hydrogens is 524 g/mol. The molecule has 0 saturated carbocycles. The van der Waals surface area contributed by atoms with E-state index in [2.05, 4.69) is 29.9 Å². The first-order valence-corrected chi connectivity index (χ1v) is 14.2. The maximum atomic E-state index is 12.6. The highest BCUT2D eigenvalue weighted by atomic mass is 35.5. The number of aldehydes is 1. The quantitative estimate of drug-likeness (QED) is 0.242.